The van der Waals surface area contributed by atoms with Crippen LogP contribution in [0.5, 0.6) is 0 Å². The maximum Gasteiger partial charge on any atom is 0.309 e. The van der Waals surface area contributed by atoms with Crippen LogP contribution in [0.1, 0.15) is 55.6 Å². The Morgan fingerprint density at radius 1 is 1.21 bits per heavy atom. The van der Waals surface area contributed by atoms with E-state index >= 15 is 0 Å². The van der Waals surface area contributed by atoms with E-state index in [1.165, 1.54) is 11.3 Å². The van der Waals surface area contributed by atoms with E-state index < -0.39 is 11.4 Å². The number of amides is 2. The molecular formula is C26H31N3O4S. The SMILES string of the molecule is CCN(C(=O)Cn1c(C(=O)NC2CCC(C)(C(=O)O)CC2)cc2sccc21)c1cccc(C)c1. The predicted molar refractivity (Wildman–Crippen MR) is 134 cm³/mol. The molecule has 0 radical (unpaired) electrons. The van der Waals surface area contributed by atoms with E-state index in [4.69, 9.17) is 0 Å². The van der Waals surface area contributed by atoms with Crippen molar-refractivity contribution in [1.29, 1.82) is 0 Å². The van der Waals surface area contributed by atoms with Gasteiger partial charge < -0.3 is 19.9 Å². The lowest BCUT2D eigenvalue weighted by Gasteiger charge is -2.34. The number of nitrogens with zero attached hydrogens (tertiary/aromatic N) is 2. The number of aliphatic carboxylic acids is 1. The van der Waals surface area contributed by atoms with Crippen molar-refractivity contribution < 1.29 is 19.5 Å². The van der Waals surface area contributed by atoms with Crippen LogP contribution in [-0.2, 0) is 16.1 Å². The molecule has 4 rings (SSSR count). The van der Waals surface area contributed by atoms with Crippen molar-refractivity contribution in [3.63, 3.8) is 0 Å². The Hall–Kier alpha value is -3.13. The van der Waals surface area contributed by atoms with Crippen molar-refractivity contribution in [2.45, 2.75) is 59.0 Å². The molecule has 180 valence electrons. The van der Waals surface area contributed by atoms with E-state index in [-0.39, 0.29) is 24.4 Å². The third-order valence-corrected chi connectivity index (χ3v) is 7.77. The quantitative estimate of drug-likeness (QED) is 0.506. The Balaban J connectivity index is 1.53. The number of benzene rings is 1. The normalized spacial score (nSPS) is 20.3. The van der Waals surface area contributed by atoms with E-state index in [1.807, 2.05) is 55.6 Å². The number of carboxylic acid groups (broad SMARTS) is 1. The van der Waals surface area contributed by atoms with Crippen molar-refractivity contribution in [2.75, 3.05) is 11.4 Å². The van der Waals surface area contributed by atoms with Crippen LogP contribution in [0.3, 0.4) is 0 Å². The van der Waals surface area contributed by atoms with Crippen LogP contribution in [0.15, 0.2) is 41.8 Å². The third kappa shape index (κ3) is 4.73. The van der Waals surface area contributed by atoms with Crippen molar-refractivity contribution in [2.24, 2.45) is 5.41 Å². The topological polar surface area (TPSA) is 91.6 Å². The second-order valence-corrected chi connectivity index (χ2v) is 10.3. The first kappa shape index (κ1) is 24.0. The molecular weight excluding hydrogens is 450 g/mol. The first-order valence-electron chi connectivity index (χ1n) is 11.7. The summed E-state index contributed by atoms with van der Waals surface area (Å²) in [6.07, 6.45) is 2.31. The number of aromatic nitrogens is 1. The van der Waals surface area contributed by atoms with Gasteiger partial charge in [0.1, 0.15) is 12.2 Å². The van der Waals surface area contributed by atoms with Gasteiger partial charge in [-0.15, -0.1) is 11.3 Å². The Morgan fingerprint density at radius 3 is 2.59 bits per heavy atom. The highest BCUT2D eigenvalue weighted by molar-refractivity contribution is 7.17. The zero-order valence-electron chi connectivity index (χ0n) is 19.8. The first-order chi connectivity index (χ1) is 16.2. The highest BCUT2D eigenvalue weighted by Gasteiger charge is 2.38. The number of thiophene rings is 1. The van der Waals surface area contributed by atoms with Crippen LogP contribution in [0, 0.1) is 12.3 Å². The standard InChI is InChI=1S/C26H31N3O4S/c1-4-28(19-7-5-6-17(2)14-19)23(30)16-29-20-10-13-34-22(20)15-21(29)24(31)27-18-8-11-26(3,12-9-18)25(32)33/h5-7,10,13-15,18H,4,8-9,11-12,16H2,1-3H3,(H,27,31)(H,32,33). The van der Waals surface area contributed by atoms with Gasteiger partial charge >= 0.3 is 5.97 Å². The van der Waals surface area contributed by atoms with E-state index in [0.717, 1.165) is 21.5 Å². The van der Waals surface area contributed by atoms with Crippen LogP contribution in [-0.4, -0.2) is 40.0 Å². The monoisotopic (exact) mass is 481 g/mol. The summed E-state index contributed by atoms with van der Waals surface area (Å²) in [5.74, 6) is -1.08. The van der Waals surface area contributed by atoms with Gasteiger partial charge in [-0.25, -0.2) is 0 Å². The highest BCUT2D eigenvalue weighted by atomic mass is 32.1. The number of carbonyl (C=O) groups is 3. The van der Waals surface area contributed by atoms with Gasteiger partial charge in [0.15, 0.2) is 0 Å². The summed E-state index contributed by atoms with van der Waals surface area (Å²) in [6.45, 7) is 6.30. The number of carboxylic acids is 1. The van der Waals surface area contributed by atoms with Crippen LogP contribution in [0.25, 0.3) is 10.2 Å². The smallest absolute Gasteiger partial charge is 0.309 e. The maximum absolute atomic E-state index is 13.3. The van der Waals surface area contributed by atoms with E-state index in [0.29, 0.717) is 37.9 Å². The fraction of sp³-hybridized carbons (Fsp3) is 0.423. The lowest BCUT2D eigenvalue weighted by Crippen LogP contribution is -2.43. The number of fused-ring (bicyclic) bond motifs is 1. The molecule has 2 amide bonds. The summed E-state index contributed by atoms with van der Waals surface area (Å²) in [6, 6.07) is 11.5. The Kier molecular flexibility index (Phi) is 6.79. The summed E-state index contributed by atoms with van der Waals surface area (Å²) >= 11 is 1.54. The predicted octanol–water partition coefficient (Wildman–Crippen LogP) is 4.83. The fourth-order valence-corrected chi connectivity index (χ4v) is 5.55. The first-order valence-corrected chi connectivity index (χ1v) is 12.6. The minimum atomic E-state index is -0.779. The van der Waals surface area contributed by atoms with E-state index in [9.17, 15) is 19.5 Å². The van der Waals surface area contributed by atoms with Crippen LogP contribution >= 0.6 is 11.3 Å². The summed E-state index contributed by atoms with van der Waals surface area (Å²) < 4.78 is 2.75. The van der Waals surface area contributed by atoms with Gasteiger partial charge in [-0.1, -0.05) is 12.1 Å². The molecule has 2 aromatic heterocycles. The molecule has 2 heterocycles. The van der Waals surface area contributed by atoms with Gasteiger partial charge in [0, 0.05) is 18.3 Å². The molecule has 0 bridgehead atoms. The summed E-state index contributed by atoms with van der Waals surface area (Å²) in [7, 11) is 0. The molecule has 0 unspecified atom stereocenters. The average Bonchev–Trinajstić information content (AvgIpc) is 3.39. The van der Waals surface area contributed by atoms with Gasteiger partial charge in [-0.05, 0) is 81.7 Å². The molecule has 3 aromatic rings. The van der Waals surface area contributed by atoms with Gasteiger partial charge in [-0.3, -0.25) is 14.4 Å². The molecule has 0 spiro atoms. The molecule has 1 fully saturated rings. The van der Waals surface area contributed by atoms with Crippen LogP contribution in [0.2, 0.25) is 0 Å². The van der Waals surface area contributed by atoms with Crippen molar-refractivity contribution in [3.05, 3.63) is 53.0 Å². The summed E-state index contributed by atoms with van der Waals surface area (Å²) in [5, 5.41) is 14.5. The number of anilines is 1. The largest absolute Gasteiger partial charge is 0.481 e. The second-order valence-electron chi connectivity index (χ2n) is 9.38. The van der Waals surface area contributed by atoms with E-state index in [2.05, 4.69) is 5.32 Å². The molecule has 0 atom stereocenters. The van der Waals surface area contributed by atoms with E-state index in [1.54, 1.807) is 16.4 Å². The molecule has 34 heavy (non-hydrogen) atoms. The molecule has 0 saturated heterocycles. The number of hydrogen-bond acceptors (Lipinski definition) is 4. The number of nitrogens with one attached hydrogen (secondary N) is 1. The molecule has 7 nitrogen and oxygen atoms in total. The molecule has 1 aromatic carbocycles. The molecule has 8 heteroatoms. The molecule has 1 aliphatic carbocycles. The van der Waals surface area contributed by atoms with Crippen molar-refractivity contribution in [1.82, 2.24) is 9.88 Å². The molecule has 2 N–H and O–H groups in total. The van der Waals surface area contributed by atoms with Crippen molar-refractivity contribution in [3.8, 4) is 0 Å². The number of carbonyl (C=O) groups excluding carboxylic acids is 2. The second kappa shape index (κ2) is 9.62. The van der Waals surface area contributed by atoms with Gasteiger partial charge in [0.05, 0.1) is 15.6 Å². The van der Waals surface area contributed by atoms with Gasteiger partial charge in [-0.2, -0.15) is 0 Å². The summed E-state index contributed by atoms with van der Waals surface area (Å²) in [4.78, 5) is 39.9. The number of aryl methyl sites for hydroxylation is 1. The Bertz CT molecular complexity index is 1220. The minimum Gasteiger partial charge on any atom is -0.481 e. The van der Waals surface area contributed by atoms with Crippen LogP contribution in [0.4, 0.5) is 5.69 Å². The fourth-order valence-electron chi connectivity index (χ4n) is 4.73. The molecule has 0 aliphatic heterocycles. The van der Waals surface area contributed by atoms with Crippen LogP contribution < -0.4 is 10.2 Å². The molecule has 1 aliphatic rings. The van der Waals surface area contributed by atoms with Gasteiger partial charge in [0.25, 0.3) is 5.91 Å². The van der Waals surface area contributed by atoms with Crippen molar-refractivity contribution >= 4 is 45.0 Å². The lowest BCUT2D eigenvalue weighted by atomic mass is 9.74. The lowest BCUT2D eigenvalue weighted by molar-refractivity contribution is -0.150. The average molecular weight is 482 g/mol. The highest BCUT2D eigenvalue weighted by Crippen LogP contribution is 2.36. The summed E-state index contributed by atoms with van der Waals surface area (Å²) in [5.41, 5.74) is 2.52. The number of likely N-dealkylation sites (N-methyl/N-ethyl adjacent to an activating group) is 1. The maximum atomic E-state index is 13.3. The third-order valence-electron chi connectivity index (χ3n) is 6.92. The zero-order valence-corrected chi connectivity index (χ0v) is 20.7. The zero-order chi connectivity index (χ0) is 24.5. The van der Waals surface area contributed by atoms with Gasteiger partial charge in [0.2, 0.25) is 5.91 Å². The number of rotatable bonds is 7. The Labute approximate surface area is 203 Å². The number of hydrogen-bond donors (Lipinski definition) is 2. The molecule has 1 saturated carbocycles. The Morgan fingerprint density at radius 2 is 1.94 bits per heavy atom. The minimum absolute atomic E-state index is 0.0620.